The summed E-state index contributed by atoms with van der Waals surface area (Å²) < 4.78 is 0.664. The molecule has 0 bridgehead atoms. The van der Waals surface area contributed by atoms with Gasteiger partial charge in [0.2, 0.25) is 0 Å². The van der Waals surface area contributed by atoms with Gasteiger partial charge in [-0.05, 0) is 30.6 Å². The van der Waals surface area contributed by atoms with Crippen molar-refractivity contribution in [2.75, 3.05) is 19.1 Å². The Balaban J connectivity index is 2.52. The van der Waals surface area contributed by atoms with E-state index in [-0.39, 0.29) is 0 Å². The maximum Gasteiger partial charge on any atom is 0.326 e. The van der Waals surface area contributed by atoms with Crippen molar-refractivity contribution in [3.63, 3.8) is 0 Å². The van der Waals surface area contributed by atoms with E-state index in [0.717, 1.165) is 4.88 Å². The van der Waals surface area contributed by atoms with Crippen molar-refractivity contribution in [1.29, 1.82) is 0 Å². The Morgan fingerprint density at radius 1 is 1.55 bits per heavy atom. The SMILES string of the molecule is CSCCC(NC(=O)N(C)Cc1ccc(Cl)s1)C(=O)O. The summed E-state index contributed by atoms with van der Waals surface area (Å²) in [6.45, 7) is 0.401. The summed E-state index contributed by atoms with van der Waals surface area (Å²) in [5.74, 6) is -0.332. The largest absolute Gasteiger partial charge is 0.480 e. The number of thiophene rings is 1. The molecule has 8 heteroatoms. The Morgan fingerprint density at radius 2 is 2.25 bits per heavy atom. The minimum atomic E-state index is -1.01. The van der Waals surface area contributed by atoms with Crippen LogP contribution in [0.3, 0.4) is 0 Å². The van der Waals surface area contributed by atoms with Gasteiger partial charge >= 0.3 is 12.0 Å². The normalized spacial score (nSPS) is 11.9. The van der Waals surface area contributed by atoms with Gasteiger partial charge in [0, 0.05) is 11.9 Å². The number of nitrogens with zero attached hydrogens (tertiary/aromatic N) is 1. The number of carbonyl (C=O) groups excluding carboxylic acids is 1. The van der Waals surface area contributed by atoms with E-state index < -0.39 is 18.0 Å². The number of carboxylic acid groups (broad SMARTS) is 1. The molecule has 2 amide bonds. The number of thioether (sulfide) groups is 1. The van der Waals surface area contributed by atoms with Gasteiger partial charge in [-0.3, -0.25) is 0 Å². The van der Waals surface area contributed by atoms with Gasteiger partial charge in [-0.25, -0.2) is 9.59 Å². The molecule has 20 heavy (non-hydrogen) atoms. The zero-order valence-corrected chi connectivity index (χ0v) is 13.6. The number of carboxylic acids is 1. The number of amides is 2. The van der Waals surface area contributed by atoms with Crippen LogP contribution in [0.2, 0.25) is 4.34 Å². The smallest absolute Gasteiger partial charge is 0.326 e. The number of hydrogen-bond acceptors (Lipinski definition) is 4. The highest BCUT2D eigenvalue weighted by Crippen LogP contribution is 2.22. The molecule has 5 nitrogen and oxygen atoms in total. The Morgan fingerprint density at radius 3 is 2.75 bits per heavy atom. The zero-order chi connectivity index (χ0) is 15.1. The number of aliphatic carboxylic acids is 1. The second-order valence-electron chi connectivity index (χ2n) is 4.18. The summed E-state index contributed by atoms with van der Waals surface area (Å²) in [5.41, 5.74) is 0. The fourth-order valence-corrected chi connectivity index (χ4v) is 3.11. The number of rotatable bonds is 7. The van der Waals surface area contributed by atoms with E-state index in [2.05, 4.69) is 5.32 Å². The summed E-state index contributed by atoms with van der Waals surface area (Å²) in [5, 5.41) is 11.6. The van der Waals surface area contributed by atoms with Gasteiger partial charge in [0.25, 0.3) is 0 Å². The van der Waals surface area contributed by atoms with Crippen LogP contribution in [0.1, 0.15) is 11.3 Å². The average Bonchev–Trinajstić information content (AvgIpc) is 2.79. The molecule has 0 aliphatic rings. The molecule has 1 unspecified atom stereocenters. The molecule has 1 atom stereocenters. The molecular weight excluding hydrogens is 320 g/mol. The van der Waals surface area contributed by atoms with Crippen LogP contribution in [-0.4, -0.2) is 47.1 Å². The molecule has 0 spiro atoms. The molecule has 1 heterocycles. The van der Waals surface area contributed by atoms with E-state index in [1.807, 2.05) is 12.3 Å². The van der Waals surface area contributed by atoms with Gasteiger partial charge in [0.15, 0.2) is 0 Å². The van der Waals surface area contributed by atoms with Crippen molar-refractivity contribution in [3.8, 4) is 0 Å². The van der Waals surface area contributed by atoms with Crippen molar-refractivity contribution in [3.05, 3.63) is 21.3 Å². The van der Waals surface area contributed by atoms with Crippen LogP contribution in [0.5, 0.6) is 0 Å². The molecule has 0 fully saturated rings. The van der Waals surface area contributed by atoms with E-state index in [1.165, 1.54) is 16.2 Å². The molecule has 1 aromatic heterocycles. The maximum absolute atomic E-state index is 11.9. The summed E-state index contributed by atoms with van der Waals surface area (Å²) in [7, 11) is 1.62. The van der Waals surface area contributed by atoms with Crippen molar-refractivity contribution < 1.29 is 14.7 Å². The highest BCUT2D eigenvalue weighted by Gasteiger charge is 2.21. The first-order chi connectivity index (χ1) is 9.43. The molecule has 0 saturated heterocycles. The number of nitrogens with one attached hydrogen (secondary N) is 1. The van der Waals surface area contributed by atoms with Gasteiger partial charge < -0.3 is 15.3 Å². The number of halogens is 1. The first-order valence-corrected chi connectivity index (χ1v) is 8.50. The standard InChI is InChI=1S/C12H17ClN2O3S2/c1-15(7-8-3-4-10(13)20-8)12(18)14-9(11(16)17)5-6-19-2/h3-4,9H,5-7H2,1-2H3,(H,14,18)(H,16,17). The highest BCUT2D eigenvalue weighted by molar-refractivity contribution is 7.98. The van der Waals surface area contributed by atoms with Crippen molar-refractivity contribution in [1.82, 2.24) is 10.2 Å². The van der Waals surface area contributed by atoms with Crippen LogP contribution in [0.4, 0.5) is 4.79 Å². The molecule has 1 rings (SSSR count). The first kappa shape index (κ1) is 17.1. The summed E-state index contributed by atoms with van der Waals surface area (Å²) in [6, 6.07) is 2.36. The van der Waals surface area contributed by atoms with Crippen LogP contribution in [-0.2, 0) is 11.3 Å². The van der Waals surface area contributed by atoms with E-state index in [4.69, 9.17) is 16.7 Å². The number of hydrogen-bond donors (Lipinski definition) is 2. The van der Waals surface area contributed by atoms with Gasteiger partial charge in [0.05, 0.1) is 10.9 Å². The fourth-order valence-electron chi connectivity index (χ4n) is 1.49. The molecule has 0 aromatic carbocycles. The topological polar surface area (TPSA) is 69.6 Å². The Kier molecular flexibility index (Phi) is 7.18. The lowest BCUT2D eigenvalue weighted by atomic mass is 10.2. The van der Waals surface area contributed by atoms with Crippen LogP contribution in [0, 0.1) is 0 Å². The lowest BCUT2D eigenvalue weighted by Crippen LogP contribution is -2.46. The predicted molar refractivity (Wildman–Crippen MR) is 83.8 cm³/mol. The van der Waals surface area contributed by atoms with Gasteiger partial charge in [-0.2, -0.15) is 11.8 Å². The van der Waals surface area contributed by atoms with Gasteiger partial charge in [-0.1, -0.05) is 11.6 Å². The third-order valence-electron chi connectivity index (χ3n) is 2.58. The van der Waals surface area contributed by atoms with E-state index >= 15 is 0 Å². The fraction of sp³-hybridized carbons (Fsp3) is 0.500. The second kappa shape index (κ2) is 8.39. The Bertz CT molecular complexity index is 467. The van der Waals surface area contributed by atoms with E-state index in [0.29, 0.717) is 23.1 Å². The molecule has 0 aliphatic heterocycles. The molecular formula is C12H17ClN2O3S2. The van der Waals surface area contributed by atoms with E-state index in [1.54, 1.807) is 24.9 Å². The average molecular weight is 337 g/mol. The van der Waals surface area contributed by atoms with Crippen molar-refractivity contribution in [2.45, 2.75) is 19.0 Å². The lowest BCUT2D eigenvalue weighted by Gasteiger charge is -2.20. The Labute approximate surface area is 131 Å². The predicted octanol–water partition coefficient (Wildman–Crippen LogP) is 2.75. The minimum absolute atomic E-state index is 0.400. The molecule has 0 radical (unpaired) electrons. The summed E-state index contributed by atoms with van der Waals surface area (Å²) in [6.07, 6.45) is 2.30. The van der Waals surface area contributed by atoms with Crippen molar-refractivity contribution in [2.24, 2.45) is 0 Å². The third kappa shape index (κ3) is 5.60. The maximum atomic E-state index is 11.9. The monoisotopic (exact) mass is 336 g/mol. The van der Waals surface area contributed by atoms with Crippen LogP contribution < -0.4 is 5.32 Å². The molecule has 0 saturated carbocycles. The van der Waals surface area contributed by atoms with Crippen molar-refractivity contribution >= 4 is 46.7 Å². The van der Waals surface area contributed by atoms with Crippen LogP contribution in [0.25, 0.3) is 0 Å². The second-order valence-corrected chi connectivity index (χ2v) is 6.97. The molecule has 0 aliphatic carbocycles. The van der Waals surface area contributed by atoms with Crippen LogP contribution >= 0.6 is 34.7 Å². The highest BCUT2D eigenvalue weighted by atomic mass is 35.5. The quantitative estimate of drug-likeness (QED) is 0.803. The number of urea groups is 1. The Hall–Kier alpha value is -0.920. The molecule has 112 valence electrons. The summed E-state index contributed by atoms with van der Waals surface area (Å²) in [4.78, 5) is 25.4. The lowest BCUT2D eigenvalue weighted by molar-refractivity contribution is -0.139. The van der Waals surface area contributed by atoms with Crippen LogP contribution in [0.15, 0.2) is 12.1 Å². The van der Waals surface area contributed by atoms with E-state index in [9.17, 15) is 9.59 Å². The number of carbonyl (C=O) groups is 2. The first-order valence-electron chi connectivity index (χ1n) is 5.91. The minimum Gasteiger partial charge on any atom is -0.480 e. The zero-order valence-electron chi connectivity index (χ0n) is 11.3. The summed E-state index contributed by atoms with van der Waals surface area (Å²) >= 11 is 8.77. The molecule has 2 N–H and O–H groups in total. The third-order valence-corrected chi connectivity index (χ3v) is 4.43. The van der Waals surface area contributed by atoms with Gasteiger partial charge in [0.1, 0.15) is 6.04 Å². The molecule has 1 aromatic rings. The van der Waals surface area contributed by atoms with Gasteiger partial charge in [-0.15, -0.1) is 11.3 Å².